The number of aromatic nitrogens is 1. The number of hydrogen-bond acceptors (Lipinski definition) is 2. The monoisotopic (exact) mass is 368 g/mol. The van der Waals surface area contributed by atoms with Crippen LogP contribution < -0.4 is 0 Å². The average molecular weight is 369 g/mol. The van der Waals surface area contributed by atoms with E-state index >= 15 is 0 Å². The van der Waals surface area contributed by atoms with Gasteiger partial charge in [-0.25, -0.2) is 0 Å². The molecule has 0 saturated heterocycles. The lowest BCUT2D eigenvalue weighted by Crippen LogP contribution is -2.39. The minimum absolute atomic E-state index is 0.0918. The Kier molecular flexibility index (Phi) is 4.99. The number of hydrogen-bond donors (Lipinski definition) is 0. The van der Waals surface area contributed by atoms with Crippen molar-refractivity contribution >= 4 is 17.5 Å². The summed E-state index contributed by atoms with van der Waals surface area (Å²) in [6, 6.07) is 12.2. The average Bonchev–Trinajstić information content (AvgIpc) is 3.46. The topological polar surface area (TPSA) is 33.2 Å². The lowest BCUT2D eigenvalue weighted by Gasteiger charge is -2.35. The molecule has 4 heteroatoms. The van der Waals surface area contributed by atoms with Gasteiger partial charge in [-0.2, -0.15) is 0 Å². The molecule has 1 amide bonds. The van der Waals surface area contributed by atoms with Crippen molar-refractivity contribution in [1.29, 1.82) is 0 Å². The van der Waals surface area contributed by atoms with Gasteiger partial charge in [0, 0.05) is 23.7 Å². The van der Waals surface area contributed by atoms with E-state index in [9.17, 15) is 4.79 Å². The van der Waals surface area contributed by atoms with E-state index in [0.717, 1.165) is 49.4 Å². The van der Waals surface area contributed by atoms with Crippen molar-refractivity contribution < 1.29 is 4.79 Å². The number of carbonyl (C=O) groups excluding carboxylic acids is 1. The highest BCUT2D eigenvalue weighted by atomic mass is 35.5. The van der Waals surface area contributed by atoms with Crippen LogP contribution in [0.25, 0.3) is 0 Å². The Labute approximate surface area is 160 Å². The van der Waals surface area contributed by atoms with Gasteiger partial charge in [-0.05, 0) is 67.3 Å². The number of carbonyl (C=O) groups is 1. The Balaban J connectivity index is 1.55. The predicted molar refractivity (Wildman–Crippen MR) is 104 cm³/mol. The third-order valence-corrected chi connectivity index (χ3v) is 5.91. The zero-order valence-electron chi connectivity index (χ0n) is 15.2. The van der Waals surface area contributed by atoms with Gasteiger partial charge >= 0.3 is 0 Å². The Morgan fingerprint density at radius 3 is 3.00 bits per heavy atom. The lowest BCUT2D eigenvalue weighted by atomic mass is 9.90. The molecule has 3 atom stereocenters. The van der Waals surface area contributed by atoms with Crippen LogP contribution in [-0.2, 0) is 11.2 Å². The van der Waals surface area contributed by atoms with Crippen LogP contribution in [0, 0.1) is 5.92 Å². The lowest BCUT2D eigenvalue weighted by molar-refractivity contribution is -0.135. The van der Waals surface area contributed by atoms with Crippen LogP contribution in [-0.4, -0.2) is 22.3 Å². The van der Waals surface area contributed by atoms with Gasteiger partial charge < -0.3 is 4.90 Å². The number of fused-ring (bicyclic) bond motifs is 1. The van der Waals surface area contributed by atoms with Crippen molar-refractivity contribution in [1.82, 2.24) is 9.88 Å². The van der Waals surface area contributed by atoms with Gasteiger partial charge in [0.25, 0.3) is 0 Å². The Morgan fingerprint density at radius 1 is 1.31 bits per heavy atom. The first-order chi connectivity index (χ1) is 12.7. The normalized spacial score (nSPS) is 24.0. The van der Waals surface area contributed by atoms with Crippen molar-refractivity contribution in [2.24, 2.45) is 5.92 Å². The first-order valence-electron chi connectivity index (χ1n) is 9.68. The Bertz CT molecular complexity index is 806. The molecule has 1 saturated carbocycles. The maximum absolute atomic E-state index is 13.3. The molecule has 1 heterocycles. The maximum Gasteiger partial charge on any atom is 0.226 e. The molecule has 2 aromatic rings. The summed E-state index contributed by atoms with van der Waals surface area (Å²) in [7, 11) is 0. The van der Waals surface area contributed by atoms with E-state index in [1.165, 1.54) is 11.1 Å². The third kappa shape index (κ3) is 3.37. The highest BCUT2D eigenvalue weighted by Crippen LogP contribution is 2.50. The van der Waals surface area contributed by atoms with E-state index in [1.54, 1.807) is 0 Å². The summed E-state index contributed by atoms with van der Waals surface area (Å²) >= 11 is 6.13. The van der Waals surface area contributed by atoms with Crippen LogP contribution >= 0.6 is 11.6 Å². The molecule has 2 aliphatic carbocycles. The van der Waals surface area contributed by atoms with E-state index in [2.05, 4.69) is 28.9 Å². The molecule has 0 spiro atoms. The van der Waals surface area contributed by atoms with Crippen LogP contribution in [0.3, 0.4) is 0 Å². The fourth-order valence-corrected chi connectivity index (χ4v) is 4.53. The van der Waals surface area contributed by atoms with Gasteiger partial charge in [0.15, 0.2) is 0 Å². The largest absolute Gasteiger partial charge is 0.334 e. The van der Waals surface area contributed by atoms with Gasteiger partial charge in [0.1, 0.15) is 0 Å². The van der Waals surface area contributed by atoms with E-state index in [4.69, 9.17) is 11.6 Å². The smallest absolute Gasteiger partial charge is 0.226 e. The number of rotatable bonds is 5. The fraction of sp³-hybridized carbons (Fsp3) is 0.455. The second-order valence-electron chi connectivity index (χ2n) is 7.49. The predicted octanol–water partition coefficient (Wildman–Crippen LogP) is 5.15. The molecule has 4 rings (SSSR count). The van der Waals surface area contributed by atoms with Crippen molar-refractivity contribution in [3.05, 3.63) is 64.4 Å². The van der Waals surface area contributed by atoms with Gasteiger partial charge in [-0.3, -0.25) is 9.78 Å². The SMILES string of the molecule is CCCN(C(=O)[C@@H]1C[C@H]1c1cccc(Cl)c1)[C@H]1CCCc2cccnc21. The number of amides is 1. The van der Waals surface area contributed by atoms with Gasteiger partial charge in [0.2, 0.25) is 5.91 Å². The molecule has 3 nitrogen and oxygen atoms in total. The van der Waals surface area contributed by atoms with Crippen molar-refractivity contribution in [3.63, 3.8) is 0 Å². The van der Waals surface area contributed by atoms with E-state index in [0.29, 0.717) is 11.8 Å². The van der Waals surface area contributed by atoms with E-state index < -0.39 is 0 Å². The molecule has 0 bridgehead atoms. The first kappa shape index (κ1) is 17.5. The van der Waals surface area contributed by atoms with Gasteiger partial charge in [-0.15, -0.1) is 0 Å². The summed E-state index contributed by atoms with van der Waals surface area (Å²) < 4.78 is 0. The number of nitrogens with zero attached hydrogens (tertiary/aromatic N) is 2. The van der Waals surface area contributed by atoms with Gasteiger partial charge in [-0.1, -0.05) is 36.7 Å². The third-order valence-electron chi connectivity index (χ3n) is 5.67. The maximum atomic E-state index is 13.3. The molecule has 0 unspecified atom stereocenters. The zero-order valence-corrected chi connectivity index (χ0v) is 16.0. The summed E-state index contributed by atoms with van der Waals surface area (Å²) in [5.41, 5.74) is 3.61. The zero-order chi connectivity index (χ0) is 18.1. The molecule has 1 fully saturated rings. The van der Waals surface area contributed by atoms with Crippen LogP contribution in [0.2, 0.25) is 5.02 Å². The molecule has 0 aliphatic heterocycles. The molecular weight excluding hydrogens is 344 g/mol. The van der Waals surface area contributed by atoms with Crippen molar-refractivity contribution in [2.75, 3.05) is 6.54 Å². The number of benzene rings is 1. The minimum atomic E-state index is 0.0918. The second-order valence-corrected chi connectivity index (χ2v) is 7.93. The summed E-state index contributed by atoms with van der Waals surface area (Å²) in [5, 5.41) is 0.747. The summed E-state index contributed by atoms with van der Waals surface area (Å²) in [6.07, 6.45) is 6.98. The first-order valence-corrected chi connectivity index (χ1v) is 10.1. The molecule has 2 aliphatic rings. The standard InChI is InChI=1S/C22H25ClN2O/c1-2-12-25(20-10-4-6-15-8-5-11-24-21(15)20)22(26)19-14-18(19)16-7-3-9-17(23)13-16/h3,5,7-9,11,13,18-20H,2,4,6,10,12,14H2,1H3/t18-,19+,20-/m0/s1. The summed E-state index contributed by atoms with van der Waals surface area (Å²) in [5.74, 6) is 0.696. The molecular formula is C22H25ClN2O. The van der Waals surface area contributed by atoms with Crippen molar-refractivity contribution in [3.8, 4) is 0 Å². The number of aryl methyl sites for hydroxylation is 1. The molecule has 136 valence electrons. The summed E-state index contributed by atoms with van der Waals surface area (Å²) in [4.78, 5) is 20.1. The Morgan fingerprint density at radius 2 is 2.19 bits per heavy atom. The Hall–Kier alpha value is -1.87. The fourth-order valence-electron chi connectivity index (χ4n) is 4.34. The number of pyridine rings is 1. The van der Waals surface area contributed by atoms with Crippen molar-refractivity contribution in [2.45, 2.75) is 51.0 Å². The van der Waals surface area contributed by atoms with E-state index in [1.807, 2.05) is 30.5 Å². The minimum Gasteiger partial charge on any atom is -0.334 e. The van der Waals surface area contributed by atoms with Crippen LogP contribution in [0.1, 0.15) is 61.4 Å². The molecule has 0 radical (unpaired) electrons. The van der Waals surface area contributed by atoms with Crippen LogP contribution in [0.5, 0.6) is 0 Å². The molecule has 26 heavy (non-hydrogen) atoms. The highest BCUT2D eigenvalue weighted by Gasteiger charge is 2.47. The quantitative estimate of drug-likeness (QED) is 0.730. The molecule has 0 N–H and O–H groups in total. The molecule has 1 aromatic heterocycles. The summed E-state index contributed by atoms with van der Waals surface area (Å²) in [6.45, 7) is 2.95. The van der Waals surface area contributed by atoms with Gasteiger partial charge in [0.05, 0.1) is 11.7 Å². The highest BCUT2D eigenvalue weighted by molar-refractivity contribution is 6.30. The second kappa shape index (κ2) is 7.40. The van der Waals surface area contributed by atoms with Crippen LogP contribution in [0.15, 0.2) is 42.6 Å². The number of halogens is 1. The molecule has 1 aromatic carbocycles. The van der Waals surface area contributed by atoms with E-state index in [-0.39, 0.29) is 12.0 Å². The van der Waals surface area contributed by atoms with Crippen LogP contribution in [0.4, 0.5) is 0 Å².